The number of methoxy groups -OCH3 is 1. The first-order valence-electron chi connectivity index (χ1n) is 7.33. The number of carbonyl (C=O) groups is 2. The lowest BCUT2D eigenvalue weighted by Gasteiger charge is -2.37. The third-order valence-corrected chi connectivity index (χ3v) is 4.01. The van der Waals surface area contributed by atoms with Crippen LogP contribution in [0.25, 0.3) is 0 Å². The minimum atomic E-state index is -0.626. The van der Waals surface area contributed by atoms with Crippen LogP contribution in [0.1, 0.15) is 35.6 Å². The van der Waals surface area contributed by atoms with Gasteiger partial charge in [0.1, 0.15) is 0 Å². The fourth-order valence-electron chi connectivity index (χ4n) is 2.97. The number of likely N-dealkylation sites (tertiary alicyclic amines) is 1. The normalized spacial score (nSPS) is 21.0. The summed E-state index contributed by atoms with van der Waals surface area (Å²) in [4.78, 5) is 34.6. The van der Waals surface area contributed by atoms with E-state index in [0.29, 0.717) is 13.2 Å². The van der Waals surface area contributed by atoms with Crippen LogP contribution in [0.5, 0.6) is 0 Å². The third kappa shape index (κ3) is 3.24. The van der Waals surface area contributed by atoms with Crippen molar-refractivity contribution in [3.05, 3.63) is 23.8 Å². The lowest BCUT2D eigenvalue weighted by molar-refractivity contribution is -0.123. The zero-order valence-electron chi connectivity index (χ0n) is 13.3. The van der Waals surface area contributed by atoms with E-state index in [0.717, 1.165) is 18.5 Å². The Balaban J connectivity index is 2.30. The van der Waals surface area contributed by atoms with E-state index < -0.39 is 5.54 Å². The van der Waals surface area contributed by atoms with E-state index in [9.17, 15) is 9.59 Å². The molecule has 1 unspecified atom stereocenters. The van der Waals surface area contributed by atoms with E-state index in [4.69, 9.17) is 4.74 Å². The summed E-state index contributed by atoms with van der Waals surface area (Å²) in [6.07, 6.45) is 3.35. The quantitative estimate of drug-likeness (QED) is 0.858. The molecule has 120 valence electrons. The molecule has 0 aromatic carbocycles. The fraction of sp³-hybridized carbons (Fsp3) is 0.600. The fourth-order valence-corrected chi connectivity index (χ4v) is 2.97. The summed E-state index contributed by atoms with van der Waals surface area (Å²) in [5.41, 5.74) is 0.111. The van der Waals surface area contributed by atoms with Crippen molar-refractivity contribution >= 4 is 11.8 Å². The SMILES string of the molecule is CNC(=O)CC1(COC)CCCN1C(=O)c1nccc(C)n1. The topological polar surface area (TPSA) is 84.4 Å². The van der Waals surface area contributed by atoms with Gasteiger partial charge in [-0.2, -0.15) is 0 Å². The Morgan fingerprint density at radius 2 is 2.27 bits per heavy atom. The van der Waals surface area contributed by atoms with Crippen LogP contribution in [0.2, 0.25) is 0 Å². The van der Waals surface area contributed by atoms with Crippen LogP contribution in [0.4, 0.5) is 0 Å². The number of amides is 2. The average Bonchev–Trinajstić information content (AvgIpc) is 2.90. The zero-order valence-corrected chi connectivity index (χ0v) is 13.3. The molecule has 1 saturated heterocycles. The van der Waals surface area contributed by atoms with Gasteiger partial charge >= 0.3 is 0 Å². The number of nitrogens with one attached hydrogen (secondary N) is 1. The molecule has 22 heavy (non-hydrogen) atoms. The lowest BCUT2D eigenvalue weighted by atomic mass is 9.92. The van der Waals surface area contributed by atoms with E-state index in [1.54, 1.807) is 31.3 Å². The molecule has 0 aliphatic carbocycles. The van der Waals surface area contributed by atoms with Crippen molar-refractivity contribution in [2.75, 3.05) is 27.3 Å². The third-order valence-electron chi connectivity index (χ3n) is 4.01. The smallest absolute Gasteiger partial charge is 0.292 e. The minimum Gasteiger partial charge on any atom is -0.382 e. The van der Waals surface area contributed by atoms with Crippen LogP contribution in [-0.2, 0) is 9.53 Å². The Bertz CT molecular complexity index is 563. The van der Waals surface area contributed by atoms with Crippen molar-refractivity contribution in [2.45, 2.75) is 31.7 Å². The van der Waals surface area contributed by atoms with E-state index in [-0.39, 0.29) is 24.1 Å². The van der Waals surface area contributed by atoms with Gasteiger partial charge in [0.2, 0.25) is 11.7 Å². The summed E-state index contributed by atoms with van der Waals surface area (Å²) >= 11 is 0. The lowest BCUT2D eigenvalue weighted by Crippen LogP contribution is -2.53. The molecule has 0 radical (unpaired) electrons. The Hall–Kier alpha value is -2.02. The maximum absolute atomic E-state index is 12.8. The first-order valence-corrected chi connectivity index (χ1v) is 7.33. The minimum absolute atomic E-state index is 0.109. The van der Waals surface area contributed by atoms with E-state index in [1.807, 2.05) is 6.92 Å². The molecule has 2 heterocycles. The van der Waals surface area contributed by atoms with Crippen molar-refractivity contribution in [1.29, 1.82) is 0 Å². The molecule has 7 nitrogen and oxygen atoms in total. The van der Waals surface area contributed by atoms with Crippen molar-refractivity contribution < 1.29 is 14.3 Å². The Morgan fingerprint density at radius 1 is 1.50 bits per heavy atom. The Labute approximate surface area is 130 Å². The molecule has 1 aliphatic heterocycles. The number of hydrogen-bond acceptors (Lipinski definition) is 5. The number of rotatable bonds is 5. The molecular weight excluding hydrogens is 284 g/mol. The summed E-state index contributed by atoms with van der Waals surface area (Å²) < 4.78 is 5.30. The molecule has 1 aliphatic rings. The second kappa shape index (κ2) is 6.83. The van der Waals surface area contributed by atoms with Crippen LogP contribution in [-0.4, -0.2) is 59.5 Å². The first-order chi connectivity index (χ1) is 10.5. The largest absolute Gasteiger partial charge is 0.382 e. The highest BCUT2D eigenvalue weighted by Crippen LogP contribution is 2.33. The summed E-state index contributed by atoms with van der Waals surface area (Å²) in [5, 5.41) is 2.62. The highest BCUT2D eigenvalue weighted by Gasteiger charge is 2.46. The van der Waals surface area contributed by atoms with E-state index >= 15 is 0 Å². The molecule has 0 spiro atoms. The number of hydrogen-bond donors (Lipinski definition) is 1. The molecular formula is C15H22N4O3. The van der Waals surface area contributed by atoms with Gasteiger partial charge < -0.3 is 15.0 Å². The Kier molecular flexibility index (Phi) is 5.07. The molecule has 1 atom stereocenters. The van der Waals surface area contributed by atoms with Gasteiger partial charge in [-0.05, 0) is 25.8 Å². The van der Waals surface area contributed by atoms with Crippen LogP contribution in [0.3, 0.4) is 0 Å². The van der Waals surface area contributed by atoms with Gasteiger partial charge in [-0.3, -0.25) is 9.59 Å². The van der Waals surface area contributed by atoms with Gasteiger partial charge in [-0.25, -0.2) is 9.97 Å². The second-order valence-corrected chi connectivity index (χ2v) is 5.59. The molecule has 1 aromatic rings. The van der Waals surface area contributed by atoms with Crippen molar-refractivity contribution in [3.63, 3.8) is 0 Å². The van der Waals surface area contributed by atoms with Crippen molar-refractivity contribution in [2.24, 2.45) is 0 Å². The summed E-state index contributed by atoms with van der Waals surface area (Å²) in [7, 11) is 3.17. The van der Waals surface area contributed by atoms with Gasteiger partial charge in [0, 0.05) is 32.6 Å². The van der Waals surface area contributed by atoms with Crippen LogP contribution in [0, 0.1) is 6.92 Å². The number of nitrogens with zero attached hydrogens (tertiary/aromatic N) is 3. The Morgan fingerprint density at radius 3 is 2.91 bits per heavy atom. The zero-order chi connectivity index (χ0) is 16.2. The maximum atomic E-state index is 12.8. The van der Waals surface area contributed by atoms with E-state index in [2.05, 4.69) is 15.3 Å². The molecule has 1 N–H and O–H groups in total. The van der Waals surface area contributed by atoms with Gasteiger partial charge in [-0.1, -0.05) is 0 Å². The number of carbonyl (C=O) groups excluding carboxylic acids is 2. The molecule has 0 saturated carbocycles. The van der Waals surface area contributed by atoms with E-state index in [1.165, 1.54) is 0 Å². The second-order valence-electron chi connectivity index (χ2n) is 5.59. The van der Waals surface area contributed by atoms with Gasteiger partial charge in [0.15, 0.2) is 0 Å². The molecule has 2 amide bonds. The molecule has 1 aromatic heterocycles. The molecule has 2 rings (SSSR count). The predicted octanol–water partition coefficient (Wildman–Crippen LogP) is 0.542. The predicted molar refractivity (Wildman–Crippen MR) is 80.3 cm³/mol. The van der Waals surface area contributed by atoms with Gasteiger partial charge in [0.25, 0.3) is 5.91 Å². The highest BCUT2D eigenvalue weighted by atomic mass is 16.5. The van der Waals surface area contributed by atoms with Gasteiger partial charge in [0.05, 0.1) is 18.6 Å². The molecule has 1 fully saturated rings. The molecule has 0 bridgehead atoms. The summed E-state index contributed by atoms with van der Waals surface area (Å²) in [5.74, 6) is -0.191. The number of aromatic nitrogens is 2. The van der Waals surface area contributed by atoms with Crippen LogP contribution < -0.4 is 5.32 Å². The summed E-state index contributed by atoms with van der Waals surface area (Å²) in [6.45, 7) is 2.71. The highest BCUT2D eigenvalue weighted by molar-refractivity contribution is 5.92. The summed E-state index contributed by atoms with van der Waals surface area (Å²) in [6, 6.07) is 1.74. The van der Waals surface area contributed by atoms with Gasteiger partial charge in [-0.15, -0.1) is 0 Å². The standard InChI is InChI=1S/C15H22N4O3/c1-11-5-7-17-13(18-11)14(21)19-8-4-6-15(19,10-22-3)9-12(20)16-2/h5,7H,4,6,8-10H2,1-3H3,(H,16,20). The number of aryl methyl sites for hydroxylation is 1. The maximum Gasteiger partial charge on any atom is 0.292 e. The monoisotopic (exact) mass is 306 g/mol. The first kappa shape index (κ1) is 16.4. The molecule has 7 heteroatoms. The van der Waals surface area contributed by atoms with Crippen molar-refractivity contribution in [1.82, 2.24) is 20.2 Å². The number of ether oxygens (including phenoxy) is 1. The van der Waals surface area contributed by atoms with Crippen LogP contribution in [0.15, 0.2) is 12.3 Å². The van der Waals surface area contributed by atoms with Crippen molar-refractivity contribution in [3.8, 4) is 0 Å². The van der Waals surface area contributed by atoms with Crippen LogP contribution >= 0.6 is 0 Å². The average molecular weight is 306 g/mol.